The topological polar surface area (TPSA) is 156 Å². The second kappa shape index (κ2) is 17.6. The van der Waals surface area contributed by atoms with Crippen molar-refractivity contribution < 1.29 is 32.4 Å². The van der Waals surface area contributed by atoms with E-state index in [1.54, 1.807) is 19.2 Å². The lowest BCUT2D eigenvalue weighted by Gasteiger charge is -2.42. The molecule has 326 valence electrons. The van der Waals surface area contributed by atoms with Crippen LogP contribution >= 0.6 is 39.1 Å². The molecule has 2 aliphatic rings. The van der Waals surface area contributed by atoms with Crippen LogP contribution in [0.25, 0.3) is 22.1 Å². The van der Waals surface area contributed by atoms with E-state index in [1.807, 2.05) is 6.07 Å². The van der Waals surface area contributed by atoms with Gasteiger partial charge in [-0.2, -0.15) is 0 Å². The third kappa shape index (κ3) is 7.95. The van der Waals surface area contributed by atoms with E-state index in [2.05, 4.69) is 77.4 Å². The highest BCUT2D eigenvalue weighted by molar-refractivity contribution is 9.08. The van der Waals surface area contributed by atoms with Crippen LogP contribution in [0.2, 0.25) is 26.7 Å². The molecule has 6 heterocycles. The van der Waals surface area contributed by atoms with Crippen molar-refractivity contribution in [2.75, 3.05) is 0 Å². The normalized spacial score (nSPS) is 13.8. The highest BCUT2D eigenvalue weighted by Crippen LogP contribution is 2.47. The Kier molecular flexibility index (Phi) is 12.8. The number of aryl methyl sites for hydroxylation is 1. The molecule has 6 aromatic rings. The van der Waals surface area contributed by atoms with Crippen molar-refractivity contribution in [2.24, 2.45) is 0 Å². The maximum absolute atomic E-state index is 13.8. The van der Waals surface area contributed by atoms with Crippen LogP contribution in [-0.4, -0.2) is 61.7 Å². The zero-order chi connectivity index (χ0) is 45.8. The first-order valence-electron chi connectivity index (χ1n) is 20.0. The number of nitrogens with one attached hydrogen (secondary N) is 1. The van der Waals surface area contributed by atoms with Gasteiger partial charge in [-0.05, 0) is 82.2 Å². The number of aromatic amines is 1. The number of hydrogen-bond donors (Lipinski definition) is 1. The first kappa shape index (κ1) is 45.6. The lowest BCUT2D eigenvalue weighted by Crippen LogP contribution is -2.51. The molecule has 18 heteroatoms. The fourth-order valence-corrected chi connectivity index (χ4v) is 14.7. The molecule has 8 rings (SSSR count). The van der Waals surface area contributed by atoms with Crippen molar-refractivity contribution >= 4 is 93.1 Å². The zero-order valence-electron chi connectivity index (χ0n) is 35.2. The summed E-state index contributed by atoms with van der Waals surface area (Å²) in [6.07, 6.45) is 3.14. The van der Waals surface area contributed by atoms with Gasteiger partial charge < -0.3 is 9.41 Å². The Bertz CT molecular complexity index is 2950. The van der Waals surface area contributed by atoms with Gasteiger partial charge in [0.2, 0.25) is 5.43 Å². The number of benzene rings is 2. The van der Waals surface area contributed by atoms with Crippen molar-refractivity contribution in [3.8, 4) is 5.75 Å². The molecule has 63 heavy (non-hydrogen) atoms. The average Bonchev–Trinajstić information content (AvgIpc) is 3.61. The molecule has 12 nitrogen and oxygen atoms in total. The lowest BCUT2D eigenvalue weighted by molar-refractivity contribution is 0.0625. The highest BCUT2D eigenvalue weighted by Gasteiger charge is 2.50. The Balaban J connectivity index is 0.000000200. The summed E-state index contributed by atoms with van der Waals surface area (Å²) < 4.78 is 34.0. The Morgan fingerprint density at radius 3 is 1.78 bits per heavy atom. The van der Waals surface area contributed by atoms with Crippen molar-refractivity contribution in [1.29, 1.82) is 0 Å². The number of alkyl halides is 1. The molecule has 1 N–H and O–H groups in total. The van der Waals surface area contributed by atoms with Crippen LogP contribution in [0.1, 0.15) is 105 Å². The summed E-state index contributed by atoms with van der Waals surface area (Å²) in [7, 11) is -2.54. The summed E-state index contributed by atoms with van der Waals surface area (Å²) in [6, 6.07) is 11.6. The van der Waals surface area contributed by atoms with Crippen LogP contribution in [0.4, 0.5) is 8.78 Å². The first-order chi connectivity index (χ1) is 29.8. The number of aromatic nitrogens is 4. The summed E-state index contributed by atoms with van der Waals surface area (Å²) >= 11 is 15.2. The number of nitrogens with zero attached hydrogens (tertiary/aromatic N) is 5. The van der Waals surface area contributed by atoms with Gasteiger partial charge in [-0.15, -0.1) is 0 Å². The van der Waals surface area contributed by atoms with Gasteiger partial charge in [-0.1, -0.05) is 92.8 Å². The molecule has 2 aliphatic heterocycles. The average molecular weight is 979 g/mol. The molecule has 0 spiro atoms. The van der Waals surface area contributed by atoms with E-state index in [0.29, 0.717) is 38.8 Å². The number of H-pyrrole nitrogens is 1. The summed E-state index contributed by atoms with van der Waals surface area (Å²) in [5.74, 6) is -3.19. The van der Waals surface area contributed by atoms with Gasteiger partial charge in [0.05, 0.1) is 34.2 Å². The number of amides is 4. The molecule has 0 fully saturated rings. The third-order valence-corrected chi connectivity index (χ3v) is 18.8. The van der Waals surface area contributed by atoms with Crippen LogP contribution in [0, 0.1) is 18.6 Å². The number of carbonyl (C=O) groups excluding carboxylic acids is 4. The van der Waals surface area contributed by atoms with Crippen molar-refractivity contribution in [1.82, 2.24) is 29.7 Å². The zero-order valence-corrected chi connectivity index (χ0v) is 39.3. The van der Waals surface area contributed by atoms with Gasteiger partial charge in [0.15, 0.2) is 0 Å². The number of pyridine rings is 4. The SMILES string of the molecule is CC(C)[Si](Oc1c2c(nc3c(CBr)ccnc13)C(=O)N(Cc1ccc(F)c(Cl)c1)C2=O)(C(C)C)C(C)C.Cc1ccnc2c(=O)c3c([nH]c12)C(=O)N(Cc1ccc(F)c(Cl)c1)C3=O. The molecule has 0 radical (unpaired) electrons. The number of halogens is 5. The maximum Gasteiger partial charge on any atom is 0.280 e. The minimum absolute atomic E-state index is 0.0510. The minimum Gasteiger partial charge on any atom is -0.541 e. The Hall–Kier alpha value is -5.42. The molecule has 2 aromatic carbocycles. The maximum atomic E-state index is 13.8. The van der Waals surface area contributed by atoms with Crippen LogP contribution < -0.4 is 9.85 Å². The van der Waals surface area contributed by atoms with Gasteiger partial charge >= 0.3 is 0 Å². The highest BCUT2D eigenvalue weighted by atomic mass is 79.9. The van der Waals surface area contributed by atoms with Gasteiger partial charge in [-0.25, -0.2) is 13.8 Å². The predicted molar refractivity (Wildman–Crippen MR) is 242 cm³/mol. The van der Waals surface area contributed by atoms with E-state index < -0.39 is 49.0 Å². The molecule has 4 amide bonds. The van der Waals surface area contributed by atoms with Crippen molar-refractivity contribution in [3.63, 3.8) is 0 Å². The molecule has 0 unspecified atom stereocenters. The molecule has 0 saturated carbocycles. The van der Waals surface area contributed by atoms with E-state index in [0.717, 1.165) is 27.0 Å². The predicted octanol–water partition coefficient (Wildman–Crippen LogP) is 10.5. The molecular formula is C45H41BrCl2F2N6O6Si. The Morgan fingerprint density at radius 2 is 1.24 bits per heavy atom. The van der Waals surface area contributed by atoms with Crippen LogP contribution in [0.5, 0.6) is 5.75 Å². The number of rotatable bonds is 10. The van der Waals surface area contributed by atoms with E-state index in [9.17, 15) is 32.8 Å². The summed E-state index contributed by atoms with van der Waals surface area (Å²) in [5, 5.41) is 0.314. The second-order valence-electron chi connectivity index (χ2n) is 16.3. The van der Waals surface area contributed by atoms with Crippen molar-refractivity contribution in [2.45, 2.75) is 83.5 Å². The van der Waals surface area contributed by atoms with Crippen LogP contribution in [0.15, 0.2) is 65.7 Å². The number of fused-ring (bicyclic) bond motifs is 4. The van der Waals surface area contributed by atoms with E-state index in [1.165, 1.54) is 36.5 Å². The molecule has 0 atom stereocenters. The quantitative estimate of drug-likeness (QED) is 0.0802. The molecule has 4 aromatic heterocycles. The summed E-state index contributed by atoms with van der Waals surface area (Å²) in [5.41, 5.74) is 4.12. The lowest BCUT2D eigenvalue weighted by atomic mass is 10.1. The fourth-order valence-electron chi connectivity index (χ4n) is 8.59. The molecular weight excluding hydrogens is 937 g/mol. The van der Waals surface area contributed by atoms with Crippen LogP contribution in [0.3, 0.4) is 0 Å². The van der Waals surface area contributed by atoms with Gasteiger partial charge in [0, 0.05) is 17.7 Å². The van der Waals surface area contributed by atoms with E-state index >= 15 is 0 Å². The van der Waals surface area contributed by atoms with E-state index in [-0.39, 0.29) is 67.8 Å². The third-order valence-electron chi connectivity index (χ3n) is 11.6. The number of imide groups is 2. The molecule has 0 saturated heterocycles. The largest absolute Gasteiger partial charge is 0.541 e. The molecule has 0 bridgehead atoms. The Labute approximate surface area is 380 Å². The second-order valence-corrected chi connectivity index (χ2v) is 23.1. The summed E-state index contributed by atoms with van der Waals surface area (Å²) in [4.78, 5) is 83.6. The summed E-state index contributed by atoms with van der Waals surface area (Å²) in [6.45, 7) is 14.5. The Morgan fingerprint density at radius 1 is 0.714 bits per heavy atom. The monoisotopic (exact) mass is 976 g/mol. The number of carbonyl (C=O) groups is 4. The van der Waals surface area contributed by atoms with E-state index in [4.69, 9.17) is 27.6 Å². The minimum atomic E-state index is -2.54. The smallest absolute Gasteiger partial charge is 0.280 e. The van der Waals surface area contributed by atoms with Crippen molar-refractivity contribution in [3.05, 3.63) is 138 Å². The van der Waals surface area contributed by atoms with Gasteiger partial charge in [-0.3, -0.25) is 43.7 Å². The van der Waals surface area contributed by atoms with Gasteiger partial charge in [0.25, 0.3) is 31.9 Å². The van der Waals surface area contributed by atoms with Crippen LogP contribution in [-0.2, 0) is 18.4 Å². The first-order valence-corrected chi connectivity index (χ1v) is 24.0. The molecule has 0 aliphatic carbocycles. The number of hydrogen-bond acceptors (Lipinski definition) is 9. The fraction of sp³-hybridized carbons (Fsp3) is 0.289. The van der Waals surface area contributed by atoms with Gasteiger partial charge in [0.1, 0.15) is 50.9 Å². The standard InChI is InChI=1S/C27H30BrClFN3O3Si.C18H11ClFN3O3/c1-14(2)37(15(3)4,16(5)6)36-25-21-23(32-22-18(12-28)9-10-31-24(22)25)27(35)33(26(21)34)13-17-7-8-20(30)19(29)11-17;1-8-4-5-21-15-13(8)22-14-12(16(15)24)17(25)23(18(14)26)7-9-2-3-11(20)10(19)6-9/h7-11,14-16H,12-13H2,1-6H3;2-6H,7H2,1H3,(H,22,24).